The van der Waals surface area contributed by atoms with Crippen molar-refractivity contribution in [3.05, 3.63) is 36.5 Å². The predicted molar refractivity (Wildman–Crippen MR) is 93.3 cm³/mol. The van der Waals surface area contributed by atoms with Crippen molar-refractivity contribution in [3.63, 3.8) is 0 Å². The Morgan fingerprint density at radius 2 is 1.78 bits per heavy atom. The van der Waals surface area contributed by atoms with Gasteiger partial charge in [-0.05, 0) is 25.6 Å². The normalized spacial score (nSPS) is 15.7. The van der Waals surface area contributed by atoms with Gasteiger partial charge in [-0.3, -0.25) is 0 Å². The number of hydrogen-bond donors (Lipinski definition) is 0. The minimum absolute atomic E-state index is 0.729. The van der Waals surface area contributed by atoms with Gasteiger partial charge in [0.25, 0.3) is 0 Å². The summed E-state index contributed by atoms with van der Waals surface area (Å²) < 4.78 is 0. The van der Waals surface area contributed by atoms with Crippen LogP contribution in [0.3, 0.4) is 0 Å². The highest BCUT2D eigenvalue weighted by atomic mass is 15.4. The van der Waals surface area contributed by atoms with E-state index in [2.05, 4.69) is 50.9 Å². The number of aromatic nitrogens is 3. The highest BCUT2D eigenvalue weighted by Gasteiger charge is 2.19. The van der Waals surface area contributed by atoms with Gasteiger partial charge in [0.05, 0.1) is 6.20 Å². The molecule has 0 unspecified atom stereocenters. The van der Waals surface area contributed by atoms with Crippen LogP contribution in [0.1, 0.15) is 13.8 Å². The van der Waals surface area contributed by atoms with Gasteiger partial charge in [0, 0.05) is 38.4 Å². The zero-order valence-electron chi connectivity index (χ0n) is 13.9. The van der Waals surface area contributed by atoms with Crippen LogP contribution in [-0.2, 0) is 0 Å². The molecule has 0 amide bonds. The Labute approximate surface area is 137 Å². The molecule has 0 bridgehead atoms. The summed E-state index contributed by atoms with van der Waals surface area (Å²) in [5.41, 5.74) is 1.12. The van der Waals surface area contributed by atoms with Crippen LogP contribution >= 0.6 is 0 Å². The quantitative estimate of drug-likeness (QED) is 0.843. The van der Waals surface area contributed by atoms with E-state index in [4.69, 9.17) is 4.98 Å². The first-order valence-electron chi connectivity index (χ1n) is 8.31. The van der Waals surface area contributed by atoms with Crippen LogP contribution in [0.15, 0.2) is 36.5 Å². The monoisotopic (exact) mass is 312 g/mol. The fourth-order valence-corrected chi connectivity index (χ4v) is 2.90. The molecular formula is C17H24N6. The second-order valence-electron chi connectivity index (χ2n) is 5.62. The number of anilines is 3. The Bertz CT molecular complexity index is 609. The molecular weight excluding hydrogens is 288 g/mol. The third-order valence-electron chi connectivity index (χ3n) is 4.30. The van der Waals surface area contributed by atoms with E-state index in [1.54, 1.807) is 6.20 Å². The van der Waals surface area contributed by atoms with Crippen molar-refractivity contribution in [1.29, 1.82) is 0 Å². The summed E-state index contributed by atoms with van der Waals surface area (Å²) >= 11 is 0. The molecule has 1 fully saturated rings. The smallest absolute Gasteiger partial charge is 0.247 e. The van der Waals surface area contributed by atoms with Gasteiger partial charge >= 0.3 is 0 Å². The number of piperazine rings is 1. The maximum Gasteiger partial charge on any atom is 0.247 e. The van der Waals surface area contributed by atoms with Crippen LogP contribution in [0.2, 0.25) is 0 Å². The standard InChI is InChI=1S/C17H24N6/c1-3-21-10-12-22(13-11-21)17-19-16(14-18-20-17)23(4-2)15-8-6-5-7-9-15/h5-9,14H,3-4,10-13H2,1-2H3. The molecule has 6 nitrogen and oxygen atoms in total. The summed E-state index contributed by atoms with van der Waals surface area (Å²) in [7, 11) is 0. The molecule has 122 valence electrons. The van der Waals surface area contributed by atoms with Gasteiger partial charge in [-0.25, -0.2) is 0 Å². The van der Waals surface area contributed by atoms with Crippen molar-refractivity contribution < 1.29 is 0 Å². The third-order valence-corrected chi connectivity index (χ3v) is 4.30. The molecule has 1 aliphatic rings. The molecule has 2 heterocycles. The highest BCUT2D eigenvalue weighted by molar-refractivity contribution is 5.59. The molecule has 0 saturated carbocycles. The first-order valence-corrected chi connectivity index (χ1v) is 8.31. The van der Waals surface area contributed by atoms with Crippen LogP contribution in [0, 0.1) is 0 Å². The minimum Gasteiger partial charge on any atom is -0.337 e. The molecule has 0 radical (unpaired) electrons. The van der Waals surface area contributed by atoms with Crippen molar-refractivity contribution in [1.82, 2.24) is 20.1 Å². The van der Waals surface area contributed by atoms with Crippen LogP contribution in [0.4, 0.5) is 17.5 Å². The molecule has 0 N–H and O–H groups in total. The minimum atomic E-state index is 0.729. The Morgan fingerprint density at radius 1 is 1.04 bits per heavy atom. The van der Waals surface area contributed by atoms with Gasteiger partial charge in [0.1, 0.15) is 0 Å². The lowest BCUT2D eigenvalue weighted by atomic mass is 10.3. The van der Waals surface area contributed by atoms with E-state index in [1.165, 1.54) is 0 Å². The summed E-state index contributed by atoms with van der Waals surface area (Å²) in [6, 6.07) is 10.3. The Kier molecular flexibility index (Phi) is 5.02. The highest BCUT2D eigenvalue weighted by Crippen LogP contribution is 2.23. The molecule has 0 aliphatic carbocycles. The Hall–Kier alpha value is -2.21. The molecule has 6 heteroatoms. The number of hydrogen-bond acceptors (Lipinski definition) is 6. The van der Waals surface area contributed by atoms with Crippen molar-refractivity contribution in [3.8, 4) is 0 Å². The van der Waals surface area contributed by atoms with Gasteiger partial charge < -0.3 is 14.7 Å². The lowest BCUT2D eigenvalue weighted by Gasteiger charge is -2.34. The van der Waals surface area contributed by atoms with Crippen LogP contribution < -0.4 is 9.80 Å². The second-order valence-corrected chi connectivity index (χ2v) is 5.62. The number of benzene rings is 1. The summed E-state index contributed by atoms with van der Waals surface area (Å²) in [5, 5.41) is 8.43. The second kappa shape index (κ2) is 7.37. The van der Waals surface area contributed by atoms with Crippen molar-refractivity contribution in [2.45, 2.75) is 13.8 Å². The zero-order chi connectivity index (χ0) is 16.1. The molecule has 1 aromatic carbocycles. The van der Waals surface area contributed by atoms with E-state index in [0.29, 0.717) is 0 Å². The number of likely N-dealkylation sites (N-methyl/N-ethyl adjacent to an activating group) is 1. The molecule has 0 spiro atoms. The van der Waals surface area contributed by atoms with Crippen molar-refractivity contribution >= 4 is 17.5 Å². The average Bonchev–Trinajstić information content (AvgIpc) is 2.64. The molecule has 23 heavy (non-hydrogen) atoms. The van der Waals surface area contributed by atoms with Crippen LogP contribution in [-0.4, -0.2) is 59.3 Å². The first-order chi connectivity index (χ1) is 11.3. The topological polar surface area (TPSA) is 48.4 Å². The summed E-state index contributed by atoms with van der Waals surface area (Å²) in [6.07, 6.45) is 1.74. The van der Waals surface area contributed by atoms with Crippen molar-refractivity contribution in [2.24, 2.45) is 0 Å². The van der Waals surface area contributed by atoms with E-state index in [9.17, 15) is 0 Å². The van der Waals surface area contributed by atoms with Gasteiger partial charge in [0.15, 0.2) is 5.82 Å². The number of rotatable bonds is 5. The summed E-state index contributed by atoms with van der Waals surface area (Å²) in [6.45, 7) is 10.3. The zero-order valence-corrected chi connectivity index (χ0v) is 13.9. The molecule has 0 atom stereocenters. The lowest BCUT2D eigenvalue weighted by molar-refractivity contribution is 0.269. The molecule has 1 aliphatic heterocycles. The van der Waals surface area contributed by atoms with Crippen molar-refractivity contribution in [2.75, 3.05) is 49.1 Å². The molecule has 1 aromatic heterocycles. The third kappa shape index (κ3) is 3.59. The maximum atomic E-state index is 4.75. The maximum absolute atomic E-state index is 4.75. The van der Waals surface area contributed by atoms with Gasteiger partial charge in [-0.15, -0.1) is 5.10 Å². The fourth-order valence-electron chi connectivity index (χ4n) is 2.90. The summed E-state index contributed by atoms with van der Waals surface area (Å²) in [4.78, 5) is 11.6. The van der Waals surface area contributed by atoms with E-state index in [-0.39, 0.29) is 0 Å². The average molecular weight is 312 g/mol. The first kappa shape index (κ1) is 15.7. The largest absolute Gasteiger partial charge is 0.337 e. The Balaban J connectivity index is 1.79. The van der Waals surface area contributed by atoms with E-state index in [0.717, 1.165) is 56.7 Å². The van der Waals surface area contributed by atoms with Crippen LogP contribution in [0.5, 0.6) is 0 Å². The molecule has 2 aromatic rings. The molecule has 3 rings (SSSR count). The summed E-state index contributed by atoms with van der Waals surface area (Å²) in [5.74, 6) is 1.58. The van der Waals surface area contributed by atoms with Gasteiger partial charge in [-0.1, -0.05) is 25.1 Å². The number of para-hydroxylation sites is 1. The van der Waals surface area contributed by atoms with E-state index in [1.807, 2.05) is 18.2 Å². The SMILES string of the molecule is CCN1CCN(c2nncc(N(CC)c3ccccc3)n2)CC1. The lowest BCUT2D eigenvalue weighted by Crippen LogP contribution is -2.46. The van der Waals surface area contributed by atoms with Gasteiger partial charge in [0.2, 0.25) is 5.95 Å². The Morgan fingerprint density at radius 3 is 2.43 bits per heavy atom. The fraction of sp³-hybridized carbons (Fsp3) is 0.471. The van der Waals surface area contributed by atoms with Gasteiger partial charge in [-0.2, -0.15) is 10.1 Å². The van der Waals surface area contributed by atoms with E-state index < -0.39 is 0 Å². The van der Waals surface area contributed by atoms with Crippen LogP contribution in [0.25, 0.3) is 0 Å². The predicted octanol–water partition coefficient (Wildman–Crippen LogP) is 2.17. The van der Waals surface area contributed by atoms with E-state index >= 15 is 0 Å². The number of nitrogens with zero attached hydrogens (tertiary/aromatic N) is 6. The molecule has 1 saturated heterocycles.